The first-order valence-electron chi connectivity index (χ1n) is 18.2. The van der Waals surface area contributed by atoms with Gasteiger partial charge >= 0.3 is 6.85 Å². The highest BCUT2D eigenvalue weighted by Crippen LogP contribution is 2.52. The van der Waals surface area contributed by atoms with E-state index in [4.69, 9.17) is 0 Å². The summed E-state index contributed by atoms with van der Waals surface area (Å²) in [6, 6.07) is 44.4. The molecule has 0 fully saturated rings. The van der Waals surface area contributed by atoms with Crippen molar-refractivity contribution in [3.05, 3.63) is 138 Å². The van der Waals surface area contributed by atoms with E-state index in [0.717, 1.165) is 0 Å². The van der Waals surface area contributed by atoms with E-state index < -0.39 is 0 Å². The van der Waals surface area contributed by atoms with Crippen LogP contribution >= 0.6 is 0 Å². The Morgan fingerprint density at radius 2 is 1.22 bits per heavy atom. The Bertz CT molecular complexity index is 2760. The van der Waals surface area contributed by atoms with Gasteiger partial charge in [0.05, 0.1) is 11.0 Å². The minimum Gasteiger partial charge on any atom is -0.376 e. The van der Waals surface area contributed by atoms with Gasteiger partial charge in [-0.05, 0) is 85.5 Å². The van der Waals surface area contributed by atoms with Gasteiger partial charge in [0, 0.05) is 43.7 Å². The molecule has 0 bridgehead atoms. The van der Waals surface area contributed by atoms with Crippen molar-refractivity contribution < 1.29 is 0 Å². The monoisotopic (exact) mass is 646 g/mol. The number of rotatable bonds is 1. The highest BCUT2D eigenvalue weighted by molar-refractivity contribution is 6.88. The molecule has 8 aromatic rings. The Kier molecular flexibility index (Phi) is 5.74. The van der Waals surface area contributed by atoms with Gasteiger partial charge in [-0.1, -0.05) is 140 Å². The zero-order valence-corrected chi connectivity index (χ0v) is 30.4. The van der Waals surface area contributed by atoms with E-state index in [-0.39, 0.29) is 23.1 Å². The second-order valence-electron chi connectivity index (χ2n) is 17.4. The van der Waals surface area contributed by atoms with Gasteiger partial charge in [-0.2, -0.15) is 0 Å². The van der Waals surface area contributed by atoms with Crippen molar-refractivity contribution in [2.75, 3.05) is 0 Å². The van der Waals surface area contributed by atoms with Crippen LogP contribution in [-0.2, 0) is 16.2 Å². The molecule has 0 N–H and O–H groups in total. The molecule has 2 aromatic heterocycles. The third-order valence-electron chi connectivity index (χ3n) is 12.0. The lowest BCUT2D eigenvalue weighted by Gasteiger charge is -2.31. The van der Waals surface area contributed by atoms with Gasteiger partial charge in [-0.15, -0.1) is 0 Å². The quantitative estimate of drug-likeness (QED) is 0.157. The molecule has 244 valence electrons. The average molecular weight is 647 g/mol. The van der Waals surface area contributed by atoms with E-state index in [1.54, 1.807) is 0 Å². The van der Waals surface area contributed by atoms with Crippen LogP contribution in [0.25, 0.3) is 60.4 Å². The number of fused-ring (bicyclic) bond motifs is 12. The van der Waals surface area contributed by atoms with Crippen molar-refractivity contribution in [1.82, 2.24) is 9.05 Å². The summed E-state index contributed by atoms with van der Waals surface area (Å²) in [5.74, 6) is 0. The molecule has 3 heterocycles. The topological polar surface area (TPSA) is 9.86 Å². The third-order valence-corrected chi connectivity index (χ3v) is 12.0. The third kappa shape index (κ3) is 3.76. The molecule has 6 aromatic carbocycles. The van der Waals surface area contributed by atoms with Crippen molar-refractivity contribution in [3.8, 4) is 16.8 Å². The Balaban J connectivity index is 1.42. The van der Waals surface area contributed by atoms with E-state index in [1.165, 1.54) is 93.6 Å². The first kappa shape index (κ1) is 29.9. The molecular formula is C47H43BN2. The zero-order valence-electron chi connectivity index (χ0n) is 30.4. The minimum atomic E-state index is -0.146. The van der Waals surface area contributed by atoms with Gasteiger partial charge in [0.25, 0.3) is 0 Å². The molecule has 1 aliphatic heterocycles. The molecule has 0 amide bonds. The highest BCUT2D eigenvalue weighted by atomic mass is 15.0. The first-order valence-corrected chi connectivity index (χ1v) is 18.2. The average Bonchev–Trinajstić information content (AvgIpc) is 3.68. The van der Waals surface area contributed by atoms with E-state index in [9.17, 15) is 0 Å². The maximum atomic E-state index is 2.74. The predicted octanol–water partition coefficient (Wildman–Crippen LogP) is 10.8. The van der Waals surface area contributed by atoms with Gasteiger partial charge in [-0.3, -0.25) is 0 Å². The van der Waals surface area contributed by atoms with Crippen LogP contribution < -0.4 is 10.9 Å². The lowest BCUT2D eigenvalue weighted by molar-refractivity contribution is 0.590. The summed E-state index contributed by atoms with van der Waals surface area (Å²) in [5, 5.41) is 5.35. The van der Waals surface area contributed by atoms with Crippen LogP contribution in [0.15, 0.2) is 115 Å². The van der Waals surface area contributed by atoms with Crippen molar-refractivity contribution >= 4 is 61.4 Å². The largest absolute Gasteiger partial charge is 0.376 e. The number of benzene rings is 6. The molecule has 0 saturated carbocycles. The molecule has 2 nitrogen and oxygen atoms in total. The fourth-order valence-corrected chi connectivity index (χ4v) is 9.52. The fraction of sp³-hybridized carbons (Fsp3) is 0.234. The molecule has 0 radical (unpaired) electrons. The number of hydrogen-bond acceptors (Lipinski definition) is 0. The molecule has 1 aliphatic carbocycles. The summed E-state index contributed by atoms with van der Waals surface area (Å²) in [6.07, 6.45) is 0. The molecule has 2 aliphatic rings. The number of nitrogens with zero attached hydrogens (tertiary/aromatic N) is 2. The molecule has 3 heteroatoms. The van der Waals surface area contributed by atoms with Crippen LogP contribution in [0.2, 0.25) is 0 Å². The van der Waals surface area contributed by atoms with Crippen molar-refractivity contribution in [2.24, 2.45) is 0 Å². The van der Waals surface area contributed by atoms with Crippen LogP contribution in [-0.4, -0.2) is 15.9 Å². The number of aromatic nitrogens is 2. The van der Waals surface area contributed by atoms with Crippen LogP contribution in [0.3, 0.4) is 0 Å². The summed E-state index contributed by atoms with van der Waals surface area (Å²) in [4.78, 5) is 0. The minimum absolute atomic E-state index is 0.0108. The maximum Gasteiger partial charge on any atom is 0.332 e. The van der Waals surface area contributed by atoms with Crippen LogP contribution in [0.5, 0.6) is 0 Å². The second kappa shape index (κ2) is 9.61. The van der Waals surface area contributed by atoms with Crippen molar-refractivity contribution in [2.45, 2.75) is 71.6 Å². The molecular weight excluding hydrogens is 603 g/mol. The molecule has 0 spiro atoms. The summed E-state index contributed by atoms with van der Waals surface area (Å²) in [5.41, 5.74) is 17.5. The number of para-hydroxylation sites is 2. The lowest BCUT2D eigenvalue weighted by atomic mass is 9.47. The van der Waals surface area contributed by atoms with Crippen LogP contribution in [0.4, 0.5) is 0 Å². The normalized spacial score (nSPS) is 14.9. The van der Waals surface area contributed by atoms with Crippen molar-refractivity contribution in [1.29, 1.82) is 0 Å². The summed E-state index contributed by atoms with van der Waals surface area (Å²) in [7, 11) is 0. The fourth-order valence-electron chi connectivity index (χ4n) is 9.52. The van der Waals surface area contributed by atoms with E-state index in [2.05, 4.69) is 180 Å². The lowest BCUT2D eigenvalue weighted by Crippen LogP contribution is -2.53. The Labute approximate surface area is 295 Å². The summed E-state index contributed by atoms with van der Waals surface area (Å²) < 4.78 is 5.31. The van der Waals surface area contributed by atoms with Crippen LogP contribution in [0, 0.1) is 0 Å². The molecule has 50 heavy (non-hydrogen) atoms. The Morgan fingerprint density at radius 3 is 2.02 bits per heavy atom. The first-order chi connectivity index (χ1) is 23.9. The van der Waals surface area contributed by atoms with Crippen LogP contribution in [0.1, 0.15) is 77.6 Å². The summed E-state index contributed by atoms with van der Waals surface area (Å²) >= 11 is 0. The van der Waals surface area contributed by atoms with Gasteiger partial charge in [0.2, 0.25) is 0 Å². The Hall–Kier alpha value is -5.02. The van der Waals surface area contributed by atoms with Gasteiger partial charge in [-0.25, -0.2) is 0 Å². The molecule has 0 unspecified atom stereocenters. The highest BCUT2D eigenvalue weighted by Gasteiger charge is 2.42. The van der Waals surface area contributed by atoms with Gasteiger partial charge in [0.1, 0.15) is 0 Å². The second-order valence-corrected chi connectivity index (χ2v) is 17.4. The number of hydrogen-bond donors (Lipinski definition) is 0. The molecule has 0 saturated heterocycles. The van der Waals surface area contributed by atoms with Crippen molar-refractivity contribution in [3.63, 3.8) is 0 Å². The summed E-state index contributed by atoms with van der Waals surface area (Å²) in [6.45, 7) is 18.9. The zero-order chi connectivity index (χ0) is 34.5. The van der Waals surface area contributed by atoms with Gasteiger partial charge in [0.15, 0.2) is 0 Å². The van der Waals surface area contributed by atoms with Gasteiger partial charge < -0.3 is 9.05 Å². The SMILES string of the molecule is CC(C)(C)c1ccc2c(c1)c1cc(C(C)(C)C)cc3c1n2-c1ccccc1B3n1c2ccccc2c2ccc3c(c21)C(C)(C)c1ccccc1-3. The Morgan fingerprint density at radius 1 is 0.520 bits per heavy atom. The predicted molar refractivity (Wildman–Crippen MR) is 216 cm³/mol. The van der Waals surface area contributed by atoms with E-state index in [0.29, 0.717) is 0 Å². The van der Waals surface area contributed by atoms with E-state index >= 15 is 0 Å². The molecule has 10 rings (SSSR count). The smallest absolute Gasteiger partial charge is 0.332 e. The van der Waals surface area contributed by atoms with E-state index in [1.807, 2.05) is 0 Å². The standard InChI is InChI=1S/C47H43BN2/c1-45(2,3)28-21-24-39-34(25-28)35-26-29(46(4,5)6)27-38-43(35)49(39)41-20-14-12-18-37(41)48(38)50-40-19-13-10-16-31(40)33-23-22-32-30-15-9-11-17-36(30)47(7,8)42(32)44(33)50/h9-27H,1-8H3. The maximum absolute atomic E-state index is 2.74. The molecule has 0 atom stereocenters.